The summed E-state index contributed by atoms with van der Waals surface area (Å²) in [6.07, 6.45) is 3.16. The van der Waals surface area contributed by atoms with Crippen molar-refractivity contribution in [2.45, 2.75) is 18.9 Å². The average Bonchev–Trinajstić information content (AvgIpc) is 3.09. The topological polar surface area (TPSA) is 51.0 Å². The van der Waals surface area contributed by atoms with E-state index in [1.807, 2.05) is 70.4 Å². The Morgan fingerprint density at radius 1 is 1.12 bits per heavy atom. The van der Waals surface area contributed by atoms with Crippen molar-refractivity contribution < 1.29 is 4.79 Å². The molecule has 0 N–H and O–H groups in total. The zero-order chi connectivity index (χ0) is 17.9. The average molecular weight is 367 g/mol. The predicted octanol–water partition coefficient (Wildman–Crippen LogP) is 3.61. The number of hydrogen-bond acceptors (Lipinski definition) is 3. The molecule has 132 valence electrons. The van der Waals surface area contributed by atoms with Crippen molar-refractivity contribution in [3.8, 4) is 11.3 Å². The molecule has 0 aliphatic carbocycles. The Kier molecular flexibility index (Phi) is 4.71. The number of likely N-dealkylation sites (tertiary alicyclic amines) is 1. The second-order valence-electron chi connectivity index (χ2n) is 6.53. The highest BCUT2D eigenvalue weighted by Crippen LogP contribution is 2.24. The molecule has 1 aliphatic rings. The van der Waals surface area contributed by atoms with Gasteiger partial charge in [0.1, 0.15) is 5.69 Å². The van der Waals surface area contributed by atoms with Crippen molar-refractivity contribution >= 4 is 17.5 Å². The number of nitrogens with zero attached hydrogens (tertiary/aromatic N) is 4. The molecule has 0 atom stereocenters. The summed E-state index contributed by atoms with van der Waals surface area (Å²) >= 11 is 5.98. The largest absolute Gasteiger partial charge is 0.338 e. The Labute approximate surface area is 157 Å². The van der Waals surface area contributed by atoms with E-state index in [2.05, 4.69) is 10.3 Å². The van der Waals surface area contributed by atoms with Crippen LogP contribution in [-0.4, -0.2) is 38.9 Å². The van der Waals surface area contributed by atoms with Crippen LogP contribution in [0.5, 0.6) is 0 Å². The Bertz CT molecular complexity index is 903. The van der Waals surface area contributed by atoms with Crippen LogP contribution in [0.2, 0.25) is 5.02 Å². The van der Waals surface area contributed by atoms with Gasteiger partial charge >= 0.3 is 0 Å². The summed E-state index contributed by atoms with van der Waals surface area (Å²) in [5.41, 5.74) is 3.00. The Hall–Kier alpha value is -2.66. The lowest BCUT2D eigenvalue weighted by atomic mass is 10.1. The molecule has 1 amide bonds. The number of benzene rings is 2. The van der Waals surface area contributed by atoms with Crippen molar-refractivity contribution in [3.05, 3.63) is 71.4 Å². The summed E-state index contributed by atoms with van der Waals surface area (Å²) in [7, 11) is 0. The number of rotatable bonds is 5. The van der Waals surface area contributed by atoms with Gasteiger partial charge in [0.2, 0.25) is 5.91 Å². The third kappa shape index (κ3) is 3.63. The van der Waals surface area contributed by atoms with Crippen LogP contribution < -0.4 is 0 Å². The molecule has 0 spiro atoms. The van der Waals surface area contributed by atoms with Crippen LogP contribution in [-0.2, 0) is 11.2 Å². The number of aromatic nitrogens is 3. The number of carbonyl (C=O) groups is 1. The fourth-order valence-electron chi connectivity index (χ4n) is 3.12. The standard InChI is InChI=1S/C20H19ClN4O/c21-17-8-4-5-15(11-17)9-10-20(26)24-12-18(13-24)25-14-19(22-23-25)16-6-2-1-3-7-16/h1-8,11,14,18H,9-10,12-13H2. The van der Waals surface area contributed by atoms with Gasteiger partial charge in [-0.15, -0.1) is 5.10 Å². The van der Waals surface area contributed by atoms with Crippen LogP contribution >= 0.6 is 11.6 Å². The molecule has 5 nitrogen and oxygen atoms in total. The minimum absolute atomic E-state index is 0.171. The van der Waals surface area contributed by atoms with Gasteiger partial charge in [-0.25, -0.2) is 4.68 Å². The van der Waals surface area contributed by atoms with E-state index in [1.165, 1.54) is 0 Å². The summed E-state index contributed by atoms with van der Waals surface area (Å²) in [6.45, 7) is 1.37. The lowest BCUT2D eigenvalue weighted by molar-refractivity contribution is -0.137. The van der Waals surface area contributed by atoms with E-state index in [9.17, 15) is 4.79 Å². The maximum Gasteiger partial charge on any atom is 0.223 e. The normalized spacial score (nSPS) is 14.3. The Morgan fingerprint density at radius 3 is 2.69 bits per heavy atom. The predicted molar refractivity (Wildman–Crippen MR) is 101 cm³/mol. The second kappa shape index (κ2) is 7.30. The number of aryl methyl sites for hydroxylation is 1. The molecule has 0 radical (unpaired) electrons. The summed E-state index contributed by atoms with van der Waals surface area (Å²) in [5, 5.41) is 9.17. The van der Waals surface area contributed by atoms with Crippen LogP contribution in [0, 0.1) is 0 Å². The van der Waals surface area contributed by atoms with Crippen LogP contribution in [0.15, 0.2) is 60.8 Å². The Morgan fingerprint density at radius 2 is 1.92 bits per heavy atom. The summed E-state index contributed by atoms with van der Waals surface area (Å²) in [6, 6.07) is 17.8. The third-order valence-electron chi connectivity index (χ3n) is 4.69. The summed E-state index contributed by atoms with van der Waals surface area (Å²) in [4.78, 5) is 14.2. The molecule has 6 heteroatoms. The maximum absolute atomic E-state index is 12.3. The van der Waals surface area contributed by atoms with Gasteiger partial charge < -0.3 is 4.90 Å². The van der Waals surface area contributed by atoms with Gasteiger partial charge in [0, 0.05) is 30.1 Å². The summed E-state index contributed by atoms with van der Waals surface area (Å²) in [5.74, 6) is 0.171. The molecular formula is C20H19ClN4O. The summed E-state index contributed by atoms with van der Waals surface area (Å²) < 4.78 is 1.86. The van der Waals surface area contributed by atoms with Gasteiger partial charge in [-0.3, -0.25) is 4.79 Å². The van der Waals surface area contributed by atoms with Gasteiger partial charge in [0.15, 0.2) is 0 Å². The van der Waals surface area contributed by atoms with Crippen LogP contribution in [0.3, 0.4) is 0 Å². The fraction of sp³-hybridized carbons (Fsp3) is 0.250. The maximum atomic E-state index is 12.3. The minimum atomic E-state index is 0.171. The minimum Gasteiger partial charge on any atom is -0.338 e. The van der Waals surface area contributed by atoms with Crippen molar-refractivity contribution in [2.75, 3.05) is 13.1 Å². The Balaban J connectivity index is 1.30. The fourth-order valence-corrected chi connectivity index (χ4v) is 3.34. The van der Waals surface area contributed by atoms with Crippen molar-refractivity contribution in [1.29, 1.82) is 0 Å². The quantitative estimate of drug-likeness (QED) is 0.693. The SMILES string of the molecule is O=C(CCc1cccc(Cl)c1)N1CC(n2cc(-c3ccccc3)nn2)C1. The molecule has 0 unspecified atom stereocenters. The van der Waals surface area contributed by atoms with Crippen LogP contribution in [0.25, 0.3) is 11.3 Å². The van der Waals surface area contributed by atoms with E-state index in [1.54, 1.807) is 0 Å². The molecule has 1 fully saturated rings. The van der Waals surface area contributed by atoms with Gasteiger partial charge in [0.25, 0.3) is 0 Å². The number of halogens is 1. The molecule has 2 heterocycles. The van der Waals surface area contributed by atoms with E-state index < -0.39 is 0 Å². The van der Waals surface area contributed by atoms with E-state index >= 15 is 0 Å². The molecule has 0 bridgehead atoms. The first kappa shape index (κ1) is 16.8. The van der Waals surface area contributed by atoms with Gasteiger partial charge in [-0.1, -0.05) is 59.3 Å². The van der Waals surface area contributed by atoms with Gasteiger partial charge in [0.05, 0.1) is 12.2 Å². The second-order valence-corrected chi connectivity index (χ2v) is 6.97. The van der Waals surface area contributed by atoms with E-state index in [0.29, 0.717) is 31.0 Å². The van der Waals surface area contributed by atoms with Crippen molar-refractivity contribution in [3.63, 3.8) is 0 Å². The monoisotopic (exact) mass is 366 g/mol. The molecule has 1 saturated heterocycles. The van der Waals surface area contributed by atoms with E-state index in [0.717, 1.165) is 16.8 Å². The highest BCUT2D eigenvalue weighted by Gasteiger charge is 2.32. The van der Waals surface area contributed by atoms with Crippen LogP contribution in [0.4, 0.5) is 0 Å². The first-order chi connectivity index (χ1) is 12.7. The molecule has 1 aromatic heterocycles. The lowest BCUT2D eigenvalue weighted by Crippen LogP contribution is -2.50. The first-order valence-electron chi connectivity index (χ1n) is 8.68. The highest BCUT2D eigenvalue weighted by molar-refractivity contribution is 6.30. The number of amides is 1. The number of carbonyl (C=O) groups excluding carboxylic acids is 1. The van der Waals surface area contributed by atoms with Crippen molar-refractivity contribution in [2.24, 2.45) is 0 Å². The zero-order valence-electron chi connectivity index (χ0n) is 14.3. The highest BCUT2D eigenvalue weighted by atomic mass is 35.5. The van der Waals surface area contributed by atoms with Crippen LogP contribution in [0.1, 0.15) is 18.0 Å². The molecule has 3 aromatic rings. The van der Waals surface area contributed by atoms with E-state index in [4.69, 9.17) is 11.6 Å². The van der Waals surface area contributed by atoms with Gasteiger partial charge in [-0.2, -0.15) is 0 Å². The zero-order valence-corrected chi connectivity index (χ0v) is 15.0. The first-order valence-corrected chi connectivity index (χ1v) is 9.06. The van der Waals surface area contributed by atoms with E-state index in [-0.39, 0.29) is 11.9 Å². The molecule has 26 heavy (non-hydrogen) atoms. The molecule has 1 aliphatic heterocycles. The smallest absolute Gasteiger partial charge is 0.223 e. The molecule has 4 rings (SSSR count). The molecule has 2 aromatic carbocycles. The molecule has 0 saturated carbocycles. The molecular weight excluding hydrogens is 348 g/mol. The lowest BCUT2D eigenvalue weighted by Gasteiger charge is -2.39. The number of hydrogen-bond donors (Lipinski definition) is 0. The van der Waals surface area contributed by atoms with Gasteiger partial charge in [-0.05, 0) is 24.1 Å². The van der Waals surface area contributed by atoms with Crippen molar-refractivity contribution in [1.82, 2.24) is 19.9 Å². The third-order valence-corrected chi connectivity index (χ3v) is 4.92.